The van der Waals surface area contributed by atoms with Crippen molar-refractivity contribution in [2.75, 3.05) is 38.7 Å². The van der Waals surface area contributed by atoms with Crippen LogP contribution in [0.4, 0.5) is 5.13 Å². The standard InChI is InChI=1S/C15H21N3O2S/c1-5-20-12-6-7-13-14(10-12)21-15(16-13)18(11(2)19)9-8-17(3)4/h6-7,10H,5,8-9H2,1-4H3. The summed E-state index contributed by atoms with van der Waals surface area (Å²) in [6, 6.07) is 5.82. The summed E-state index contributed by atoms with van der Waals surface area (Å²) in [6.07, 6.45) is 0. The molecule has 0 atom stereocenters. The number of hydrogen-bond donors (Lipinski definition) is 0. The lowest BCUT2D eigenvalue weighted by molar-refractivity contribution is -0.116. The molecule has 0 aliphatic rings. The maximum Gasteiger partial charge on any atom is 0.225 e. The first-order valence-corrected chi connectivity index (χ1v) is 7.79. The number of carbonyl (C=O) groups is 1. The monoisotopic (exact) mass is 307 g/mol. The topological polar surface area (TPSA) is 45.7 Å². The molecular weight excluding hydrogens is 286 g/mol. The van der Waals surface area contributed by atoms with Gasteiger partial charge in [-0.1, -0.05) is 11.3 Å². The number of likely N-dealkylation sites (N-methyl/N-ethyl adjacent to an activating group) is 1. The van der Waals surface area contributed by atoms with Crippen LogP contribution in [0.15, 0.2) is 18.2 Å². The van der Waals surface area contributed by atoms with Crippen LogP contribution < -0.4 is 9.64 Å². The summed E-state index contributed by atoms with van der Waals surface area (Å²) in [5, 5.41) is 0.744. The van der Waals surface area contributed by atoms with E-state index in [4.69, 9.17) is 4.74 Å². The lowest BCUT2D eigenvalue weighted by atomic mass is 10.3. The Bertz CT molecular complexity index is 624. The van der Waals surface area contributed by atoms with Crippen molar-refractivity contribution in [2.45, 2.75) is 13.8 Å². The van der Waals surface area contributed by atoms with Gasteiger partial charge in [0.1, 0.15) is 5.75 Å². The van der Waals surface area contributed by atoms with Crippen molar-refractivity contribution in [2.24, 2.45) is 0 Å². The maximum atomic E-state index is 11.9. The third-order valence-corrected chi connectivity index (χ3v) is 4.08. The average Bonchev–Trinajstić information content (AvgIpc) is 2.81. The van der Waals surface area contributed by atoms with Gasteiger partial charge in [-0.2, -0.15) is 0 Å². The van der Waals surface area contributed by atoms with Crippen LogP contribution in [-0.4, -0.2) is 49.6 Å². The van der Waals surface area contributed by atoms with Crippen LogP contribution in [0.25, 0.3) is 10.2 Å². The minimum absolute atomic E-state index is 0.0148. The van der Waals surface area contributed by atoms with E-state index in [1.807, 2.05) is 39.2 Å². The van der Waals surface area contributed by atoms with Crippen LogP contribution in [0.5, 0.6) is 5.75 Å². The molecule has 0 N–H and O–H groups in total. The number of rotatable bonds is 6. The quantitative estimate of drug-likeness (QED) is 0.823. The Hall–Kier alpha value is -1.66. The number of fused-ring (bicyclic) bond motifs is 1. The van der Waals surface area contributed by atoms with Gasteiger partial charge in [-0.05, 0) is 39.2 Å². The van der Waals surface area contributed by atoms with E-state index in [0.29, 0.717) is 13.2 Å². The molecule has 6 heteroatoms. The van der Waals surface area contributed by atoms with Crippen molar-refractivity contribution >= 4 is 32.6 Å². The number of thiazole rings is 1. The summed E-state index contributed by atoms with van der Waals surface area (Å²) < 4.78 is 6.54. The number of hydrogen-bond acceptors (Lipinski definition) is 5. The fourth-order valence-electron chi connectivity index (χ4n) is 1.95. The van der Waals surface area contributed by atoms with Gasteiger partial charge in [-0.3, -0.25) is 9.69 Å². The molecular formula is C15H21N3O2S. The minimum atomic E-state index is 0.0148. The Labute approximate surface area is 129 Å². The van der Waals surface area contributed by atoms with Crippen LogP contribution in [-0.2, 0) is 4.79 Å². The van der Waals surface area contributed by atoms with Gasteiger partial charge in [-0.15, -0.1) is 0 Å². The molecule has 0 saturated heterocycles. The predicted octanol–water partition coefficient (Wildman–Crippen LogP) is 2.61. The summed E-state index contributed by atoms with van der Waals surface area (Å²) in [7, 11) is 3.98. The van der Waals surface area contributed by atoms with Crippen LogP contribution >= 0.6 is 11.3 Å². The average molecular weight is 307 g/mol. The van der Waals surface area contributed by atoms with Gasteiger partial charge in [0, 0.05) is 20.0 Å². The fourth-order valence-corrected chi connectivity index (χ4v) is 3.02. The Morgan fingerprint density at radius 3 is 2.71 bits per heavy atom. The van der Waals surface area contributed by atoms with E-state index in [9.17, 15) is 4.79 Å². The number of aromatic nitrogens is 1. The first kappa shape index (κ1) is 15.7. The maximum absolute atomic E-state index is 11.9. The molecule has 5 nitrogen and oxygen atoms in total. The second-order valence-electron chi connectivity index (χ2n) is 5.03. The molecule has 0 saturated carbocycles. The molecule has 0 aliphatic carbocycles. The smallest absolute Gasteiger partial charge is 0.225 e. The molecule has 0 radical (unpaired) electrons. The Morgan fingerprint density at radius 1 is 1.33 bits per heavy atom. The number of carbonyl (C=O) groups excluding carboxylic acids is 1. The normalized spacial score (nSPS) is 11.1. The highest BCUT2D eigenvalue weighted by Gasteiger charge is 2.16. The number of ether oxygens (including phenoxy) is 1. The minimum Gasteiger partial charge on any atom is -0.494 e. The van der Waals surface area contributed by atoms with Crippen LogP contribution in [0, 0.1) is 0 Å². The number of benzene rings is 1. The van der Waals surface area contributed by atoms with Crippen LogP contribution in [0.3, 0.4) is 0 Å². The van der Waals surface area contributed by atoms with Crippen LogP contribution in [0.1, 0.15) is 13.8 Å². The third-order valence-electron chi connectivity index (χ3n) is 3.04. The highest BCUT2D eigenvalue weighted by atomic mass is 32.1. The van der Waals surface area contributed by atoms with Crippen LogP contribution in [0.2, 0.25) is 0 Å². The number of amides is 1. The van der Waals surface area contributed by atoms with E-state index in [2.05, 4.69) is 9.88 Å². The van der Waals surface area contributed by atoms with Gasteiger partial charge in [0.05, 0.1) is 16.8 Å². The zero-order chi connectivity index (χ0) is 15.4. The summed E-state index contributed by atoms with van der Waals surface area (Å²) in [4.78, 5) is 20.2. The largest absolute Gasteiger partial charge is 0.494 e. The first-order valence-electron chi connectivity index (χ1n) is 6.97. The van der Waals surface area contributed by atoms with Crippen molar-refractivity contribution in [1.82, 2.24) is 9.88 Å². The highest BCUT2D eigenvalue weighted by molar-refractivity contribution is 7.22. The Morgan fingerprint density at radius 2 is 2.10 bits per heavy atom. The molecule has 0 fully saturated rings. The van der Waals surface area contributed by atoms with Gasteiger partial charge in [0.2, 0.25) is 5.91 Å². The van der Waals surface area contributed by atoms with Crippen molar-refractivity contribution in [3.63, 3.8) is 0 Å². The van der Waals surface area contributed by atoms with E-state index < -0.39 is 0 Å². The molecule has 1 aromatic heterocycles. The van der Waals surface area contributed by atoms with Crippen molar-refractivity contribution < 1.29 is 9.53 Å². The van der Waals surface area contributed by atoms with Gasteiger partial charge >= 0.3 is 0 Å². The molecule has 0 bridgehead atoms. The molecule has 0 unspecified atom stereocenters. The number of anilines is 1. The molecule has 2 aromatic rings. The van der Waals surface area contributed by atoms with E-state index in [1.165, 1.54) is 11.3 Å². The SMILES string of the molecule is CCOc1ccc2nc(N(CCN(C)C)C(C)=O)sc2c1. The number of nitrogens with zero attached hydrogens (tertiary/aromatic N) is 3. The second-order valence-corrected chi connectivity index (χ2v) is 6.04. The Balaban J connectivity index is 2.28. The van der Waals surface area contributed by atoms with Gasteiger partial charge in [0.25, 0.3) is 0 Å². The highest BCUT2D eigenvalue weighted by Crippen LogP contribution is 2.31. The molecule has 1 aromatic carbocycles. The molecule has 114 valence electrons. The molecule has 1 amide bonds. The Kier molecular flexibility index (Phi) is 5.14. The predicted molar refractivity (Wildman–Crippen MR) is 87.4 cm³/mol. The molecule has 1 heterocycles. The molecule has 21 heavy (non-hydrogen) atoms. The summed E-state index contributed by atoms with van der Waals surface area (Å²) in [5.41, 5.74) is 0.898. The summed E-state index contributed by atoms with van der Waals surface area (Å²) in [5.74, 6) is 0.851. The third kappa shape index (κ3) is 3.92. The lowest BCUT2D eigenvalue weighted by Gasteiger charge is -2.20. The fraction of sp³-hybridized carbons (Fsp3) is 0.467. The zero-order valence-corrected chi connectivity index (χ0v) is 13.7. The van der Waals surface area contributed by atoms with E-state index in [0.717, 1.165) is 27.6 Å². The van der Waals surface area contributed by atoms with E-state index >= 15 is 0 Å². The van der Waals surface area contributed by atoms with Gasteiger partial charge in [0.15, 0.2) is 5.13 Å². The van der Waals surface area contributed by atoms with E-state index in [1.54, 1.807) is 11.8 Å². The second kappa shape index (κ2) is 6.87. The van der Waals surface area contributed by atoms with Gasteiger partial charge in [-0.25, -0.2) is 4.98 Å². The summed E-state index contributed by atoms with van der Waals surface area (Å²) >= 11 is 1.52. The molecule has 0 spiro atoms. The lowest BCUT2D eigenvalue weighted by Crippen LogP contribution is -2.35. The van der Waals surface area contributed by atoms with Gasteiger partial charge < -0.3 is 9.64 Å². The molecule has 2 rings (SSSR count). The summed E-state index contributed by atoms with van der Waals surface area (Å²) in [6.45, 7) is 5.62. The first-order chi connectivity index (χ1) is 10.0. The van der Waals surface area contributed by atoms with Crippen molar-refractivity contribution in [1.29, 1.82) is 0 Å². The van der Waals surface area contributed by atoms with Crippen molar-refractivity contribution in [3.8, 4) is 5.75 Å². The zero-order valence-electron chi connectivity index (χ0n) is 12.9. The van der Waals surface area contributed by atoms with Crippen molar-refractivity contribution in [3.05, 3.63) is 18.2 Å². The van der Waals surface area contributed by atoms with E-state index in [-0.39, 0.29) is 5.91 Å². The molecule has 0 aliphatic heterocycles.